The minimum atomic E-state index is -2.86. The third-order valence-electron chi connectivity index (χ3n) is 3.64. The fraction of sp³-hybridized carbons (Fsp3) is 0.571. The van der Waals surface area contributed by atoms with Crippen LogP contribution in [0.3, 0.4) is 0 Å². The van der Waals surface area contributed by atoms with Crippen molar-refractivity contribution in [1.29, 1.82) is 0 Å². The van der Waals surface area contributed by atoms with Crippen LogP contribution in [0, 0.1) is 0 Å². The lowest BCUT2D eigenvalue weighted by Crippen LogP contribution is -2.37. The molecule has 5 heteroatoms. The van der Waals surface area contributed by atoms with E-state index in [0.717, 1.165) is 24.8 Å². The fourth-order valence-electron chi connectivity index (χ4n) is 2.48. The number of phenolic OH excluding ortho intramolecular Hbond substituents is 1. The summed E-state index contributed by atoms with van der Waals surface area (Å²) in [6, 6.07) is 7.34. The zero-order valence-corrected chi connectivity index (χ0v) is 12.0. The number of hydrogen-bond donors (Lipinski definition) is 2. The van der Waals surface area contributed by atoms with E-state index in [0.29, 0.717) is 12.3 Å². The Hall–Kier alpha value is -1.07. The second-order valence-electron chi connectivity index (χ2n) is 5.31. The topological polar surface area (TPSA) is 66.4 Å². The molecule has 0 radical (unpaired) electrons. The summed E-state index contributed by atoms with van der Waals surface area (Å²) < 4.78 is 23.4. The molecule has 1 heterocycles. The average Bonchev–Trinajstić information content (AvgIpc) is 2.69. The van der Waals surface area contributed by atoms with E-state index in [1.165, 1.54) is 0 Å². The summed E-state index contributed by atoms with van der Waals surface area (Å²) >= 11 is 0. The zero-order valence-electron chi connectivity index (χ0n) is 11.2. The third-order valence-corrected chi connectivity index (χ3v) is 5.91. The number of benzene rings is 1. The normalized spacial score (nSPS) is 23.3. The Kier molecular flexibility index (Phi) is 4.47. The van der Waals surface area contributed by atoms with Crippen molar-refractivity contribution in [3.05, 3.63) is 29.8 Å². The van der Waals surface area contributed by atoms with Gasteiger partial charge < -0.3 is 10.4 Å². The lowest BCUT2D eigenvalue weighted by atomic mass is 10.1. The Labute approximate surface area is 114 Å². The largest absolute Gasteiger partial charge is 0.508 e. The van der Waals surface area contributed by atoms with Gasteiger partial charge in [0.15, 0.2) is 9.84 Å². The molecular formula is C14H21NO3S. The van der Waals surface area contributed by atoms with Gasteiger partial charge in [0.05, 0.1) is 11.0 Å². The quantitative estimate of drug-likeness (QED) is 0.859. The van der Waals surface area contributed by atoms with Crippen LogP contribution in [0.5, 0.6) is 5.75 Å². The Balaban J connectivity index is 1.82. The van der Waals surface area contributed by atoms with E-state index in [1.54, 1.807) is 12.1 Å². The van der Waals surface area contributed by atoms with E-state index in [1.807, 2.05) is 12.1 Å². The van der Waals surface area contributed by atoms with Gasteiger partial charge in [-0.3, -0.25) is 0 Å². The highest BCUT2D eigenvalue weighted by atomic mass is 32.2. The van der Waals surface area contributed by atoms with Crippen molar-refractivity contribution in [2.75, 3.05) is 12.3 Å². The van der Waals surface area contributed by atoms with Crippen molar-refractivity contribution in [1.82, 2.24) is 5.32 Å². The average molecular weight is 283 g/mol. The molecule has 19 heavy (non-hydrogen) atoms. The molecule has 1 fully saturated rings. The molecule has 0 saturated carbocycles. The predicted octanol–water partition coefficient (Wildman–Crippen LogP) is 1.49. The summed E-state index contributed by atoms with van der Waals surface area (Å²) in [5.41, 5.74) is 1.13. The molecule has 1 saturated heterocycles. The van der Waals surface area contributed by atoms with Gasteiger partial charge in [-0.25, -0.2) is 8.42 Å². The van der Waals surface area contributed by atoms with Crippen LogP contribution in [0.4, 0.5) is 0 Å². The van der Waals surface area contributed by atoms with Gasteiger partial charge in [0, 0.05) is 12.6 Å². The molecule has 0 amide bonds. The van der Waals surface area contributed by atoms with Crippen LogP contribution in [-0.4, -0.2) is 37.1 Å². The molecule has 2 rings (SSSR count). The molecule has 1 aliphatic heterocycles. The number of phenols is 1. The van der Waals surface area contributed by atoms with Crippen molar-refractivity contribution < 1.29 is 13.5 Å². The maximum atomic E-state index is 11.7. The first-order valence-corrected chi connectivity index (χ1v) is 8.42. The minimum Gasteiger partial charge on any atom is -0.508 e. The van der Waals surface area contributed by atoms with E-state index in [2.05, 4.69) is 12.2 Å². The van der Waals surface area contributed by atoms with Gasteiger partial charge in [0.1, 0.15) is 5.75 Å². The number of rotatable bonds is 5. The zero-order chi connectivity index (χ0) is 13.9. The Morgan fingerprint density at radius 2 is 2.05 bits per heavy atom. The van der Waals surface area contributed by atoms with E-state index in [4.69, 9.17) is 0 Å². The highest BCUT2D eigenvalue weighted by Gasteiger charge is 2.30. The molecule has 1 aromatic rings. The summed E-state index contributed by atoms with van der Waals surface area (Å²) in [4.78, 5) is 0. The van der Waals surface area contributed by atoms with Gasteiger partial charge in [0.25, 0.3) is 0 Å². The molecular weight excluding hydrogens is 262 g/mol. The molecule has 0 bridgehead atoms. The van der Waals surface area contributed by atoms with Crippen LogP contribution in [0.2, 0.25) is 0 Å². The van der Waals surface area contributed by atoms with Crippen molar-refractivity contribution in [2.24, 2.45) is 0 Å². The molecule has 2 unspecified atom stereocenters. The summed E-state index contributed by atoms with van der Waals surface area (Å²) in [7, 11) is -2.86. The fourth-order valence-corrected chi connectivity index (χ4v) is 4.26. The minimum absolute atomic E-state index is 0.213. The molecule has 0 aromatic heterocycles. The molecule has 2 atom stereocenters. The number of hydrogen-bond acceptors (Lipinski definition) is 4. The van der Waals surface area contributed by atoms with Gasteiger partial charge in [-0.05, 0) is 43.9 Å². The highest BCUT2D eigenvalue weighted by Crippen LogP contribution is 2.19. The molecule has 0 spiro atoms. The Bertz CT molecular complexity index is 510. The summed E-state index contributed by atoms with van der Waals surface area (Å²) in [5, 5.41) is 12.3. The van der Waals surface area contributed by atoms with Gasteiger partial charge in [-0.15, -0.1) is 0 Å². The molecule has 106 valence electrons. The van der Waals surface area contributed by atoms with E-state index >= 15 is 0 Å². The van der Waals surface area contributed by atoms with Crippen molar-refractivity contribution in [3.8, 4) is 5.75 Å². The predicted molar refractivity (Wildman–Crippen MR) is 76.1 cm³/mol. The number of sulfone groups is 1. The third kappa shape index (κ3) is 3.94. The molecule has 1 aliphatic rings. The second kappa shape index (κ2) is 5.92. The van der Waals surface area contributed by atoms with Crippen LogP contribution in [0.25, 0.3) is 0 Å². The van der Waals surface area contributed by atoms with Gasteiger partial charge in [-0.2, -0.15) is 0 Å². The number of aromatic hydroxyl groups is 1. The monoisotopic (exact) mass is 283 g/mol. The van der Waals surface area contributed by atoms with Crippen LogP contribution in [0.1, 0.15) is 25.3 Å². The summed E-state index contributed by atoms with van der Waals surface area (Å²) in [6.07, 6.45) is 2.40. The summed E-state index contributed by atoms with van der Waals surface area (Å²) in [5.74, 6) is 0.604. The van der Waals surface area contributed by atoms with Crippen LogP contribution < -0.4 is 5.32 Å². The smallest absolute Gasteiger partial charge is 0.154 e. The van der Waals surface area contributed by atoms with E-state index in [9.17, 15) is 13.5 Å². The van der Waals surface area contributed by atoms with Crippen molar-refractivity contribution in [3.63, 3.8) is 0 Å². The maximum absolute atomic E-state index is 11.7. The summed E-state index contributed by atoms with van der Waals surface area (Å²) in [6.45, 7) is 2.59. The van der Waals surface area contributed by atoms with Crippen molar-refractivity contribution >= 4 is 9.84 Å². The lowest BCUT2D eigenvalue weighted by molar-refractivity contribution is 0.474. The molecule has 0 aliphatic carbocycles. The van der Waals surface area contributed by atoms with Gasteiger partial charge >= 0.3 is 0 Å². The first-order chi connectivity index (χ1) is 8.97. The molecule has 4 nitrogen and oxygen atoms in total. The van der Waals surface area contributed by atoms with Gasteiger partial charge in [0.2, 0.25) is 0 Å². The standard InChI is InChI=1S/C14H21NO3S/c1-11(9-12-4-6-13(16)7-5-12)15-10-14-3-2-8-19(14,17)18/h4-7,11,14-16H,2-3,8-10H2,1H3. The highest BCUT2D eigenvalue weighted by molar-refractivity contribution is 7.92. The first kappa shape index (κ1) is 14.3. The Morgan fingerprint density at radius 3 is 2.63 bits per heavy atom. The SMILES string of the molecule is CC(Cc1ccc(O)cc1)NCC1CCCS1(=O)=O. The van der Waals surface area contributed by atoms with Crippen LogP contribution in [0.15, 0.2) is 24.3 Å². The van der Waals surface area contributed by atoms with Gasteiger partial charge in [-0.1, -0.05) is 12.1 Å². The van der Waals surface area contributed by atoms with Crippen LogP contribution in [-0.2, 0) is 16.3 Å². The Morgan fingerprint density at radius 1 is 1.37 bits per heavy atom. The first-order valence-electron chi connectivity index (χ1n) is 6.70. The lowest BCUT2D eigenvalue weighted by Gasteiger charge is -2.17. The second-order valence-corrected chi connectivity index (χ2v) is 7.71. The van der Waals surface area contributed by atoms with E-state index < -0.39 is 9.84 Å². The number of nitrogens with one attached hydrogen (secondary N) is 1. The van der Waals surface area contributed by atoms with Crippen LogP contribution >= 0.6 is 0 Å². The van der Waals surface area contributed by atoms with Crippen molar-refractivity contribution in [2.45, 2.75) is 37.5 Å². The van der Waals surface area contributed by atoms with E-state index in [-0.39, 0.29) is 17.0 Å². The maximum Gasteiger partial charge on any atom is 0.154 e. The molecule has 2 N–H and O–H groups in total. The molecule has 1 aromatic carbocycles.